The van der Waals surface area contributed by atoms with Gasteiger partial charge in [-0.2, -0.15) is 23.4 Å². The van der Waals surface area contributed by atoms with E-state index in [1.54, 1.807) is 6.92 Å². The first-order valence-electron chi connectivity index (χ1n) is 8.91. The first-order valence-corrected chi connectivity index (χ1v) is 9.28. The Kier molecular flexibility index (Phi) is 4.89. The molecule has 0 N–H and O–H groups in total. The van der Waals surface area contributed by atoms with Gasteiger partial charge in [0.1, 0.15) is 5.82 Å². The summed E-state index contributed by atoms with van der Waals surface area (Å²) in [5, 5.41) is 7.74. The van der Waals surface area contributed by atoms with Crippen molar-refractivity contribution >= 4 is 17.5 Å². The van der Waals surface area contributed by atoms with Gasteiger partial charge in [0.2, 0.25) is 5.91 Å². The van der Waals surface area contributed by atoms with Crippen molar-refractivity contribution in [1.82, 2.24) is 29.9 Å². The highest BCUT2D eigenvalue weighted by Gasteiger charge is 2.40. The van der Waals surface area contributed by atoms with Crippen molar-refractivity contribution in [1.29, 1.82) is 0 Å². The summed E-state index contributed by atoms with van der Waals surface area (Å²) in [4.78, 5) is 24.7. The van der Waals surface area contributed by atoms with Crippen molar-refractivity contribution in [3.63, 3.8) is 0 Å². The number of fused-ring (bicyclic) bond motifs is 1. The molecule has 2 aromatic rings. The molecule has 0 saturated heterocycles. The number of amides is 1. The number of aryl methyl sites for hydroxylation is 1. The Hall–Kier alpha value is -2.75. The number of halogens is 4. The van der Waals surface area contributed by atoms with Gasteiger partial charge >= 0.3 is 6.18 Å². The fourth-order valence-electron chi connectivity index (χ4n) is 3.56. The van der Waals surface area contributed by atoms with Crippen molar-refractivity contribution in [2.75, 3.05) is 6.54 Å². The highest BCUT2D eigenvalue weighted by atomic mass is 35.5. The van der Waals surface area contributed by atoms with Crippen LogP contribution in [0.5, 0.6) is 0 Å². The minimum absolute atomic E-state index is 0.131. The molecule has 1 atom stereocenters. The van der Waals surface area contributed by atoms with Gasteiger partial charge in [-0.1, -0.05) is 23.8 Å². The predicted octanol–water partition coefficient (Wildman–Crippen LogP) is 2.88. The number of aromatic nitrogens is 5. The number of hydrogen-bond acceptors (Lipinski definition) is 5. The van der Waals surface area contributed by atoms with Crippen LogP contribution in [0, 0.1) is 12.8 Å². The zero-order valence-corrected chi connectivity index (χ0v) is 16.1. The van der Waals surface area contributed by atoms with Crippen LogP contribution in [0.25, 0.3) is 5.82 Å². The minimum atomic E-state index is -4.60. The molecule has 1 aliphatic heterocycles. The maximum absolute atomic E-state index is 13.1. The van der Waals surface area contributed by atoms with Crippen molar-refractivity contribution in [3.8, 4) is 5.82 Å². The maximum atomic E-state index is 13.1. The van der Waals surface area contributed by atoms with Gasteiger partial charge in [-0.05, 0) is 19.8 Å². The normalized spacial score (nSPS) is 19.5. The van der Waals surface area contributed by atoms with E-state index in [1.807, 2.05) is 0 Å². The van der Waals surface area contributed by atoms with Gasteiger partial charge in [0, 0.05) is 17.1 Å². The van der Waals surface area contributed by atoms with Gasteiger partial charge < -0.3 is 4.90 Å². The highest BCUT2D eigenvalue weighted by Crippen LogP contribution is 2.39. The molecule has 4 rings (SSSR count). The molecule has 1 amide bonds. The standard InChI is InChI=1S/C18H16ClF3N6O/c1-10-25-14-9-27(8-5-11(14)16(26-10)28-23-6-7-24-28)17(29)12-3-2-4-13(15(12)19)18(20,21)22/h2,4,6-7,12H,3,5,8-9H2,1H3. The van der Waals surface area contributed by atoms with E-state index in [-0.39, 0.29) is 13.0 Å². The van der Waals surface area contributed by atoms with Crippen LogP contribution in [0.15, 0.2) is 35.2 Å². The SMILES string of the molecule is Cc1nc2c(c(-n3nccn3)n1)CCN(C(=O)C1CC=CC(C(F)(F)F)=C1Cl)C2. The Labute approximate surface area is 168 Å². The smallest absolute Gasteiger partial charge is 0.336 e. The van der Waals surface area contributed by atoms with Crippen LogP contribution >= 0.6 is 11.6 Å². The van der Waals surface area contributed by atoms with Crippen molar-refractivity contribution in [2.45, 2.75) is 32.5 Å². The van der Waals surface area contributed by atoms with Gasteiger partial charge in [-0.3, -0.25) is 4.79 Å². The second-order valence-electron chi connectivity index (χ2n) is 6.80. The van der Waals surface area contributed by atoms with Crippen molar-refractivity contribution in [2.24, 2.45) is 5.92 Å². The molecular weight excluding hydrogens is 409 g/mol. The second kappa shape index (κ2) is 7.25. The molecule has 11 heteroatoms. The summed E-state index contributed by atoms with van der Waals surface area (Å²) in [5.41, 5.74) is 0.482. The van der Waals surface area contributed by atoms with Gasteiger partial charge in [-0.25, -0.2) is 9.97 Å². The van der Waals surface area contributed by atoms with Crippen LogP contribution in [0.4, 0.5) is 13.2 Å². The molecule has 2 aromatic heterocycles. The van der Waals surface area contributed by atoms with Gasteiger partial charge in [0.25, 0.3) is 0 Å². The summed E-state index contributed by atoms with van der Waals surface area (Å²) in [5.74, 6) is -0.456. The molecule has 0 saturated carbocycles. The number of allylic oxidation sites excluding steroid dienone is 3. The number of hydrogen-bond donors (Lipinski definition) is 0. The molecule has 0 spiro atoms. The monoisotopic (exact) mass is 424 g/mol. The van der Waals surface area contributed by atoms with E-state index in [2.05, 4.69) is 20.2 Å². The number of nitrogens with zero attached hydrogens (tertiary/aromatic N) is 6. The quantitative estimate of drug-likeness (QED) is 0.741. The number of carbonyl (C=O) groups excluding carboxylic acids is 1. The molecule has 0 bridgehead atoms. The Morgan fingerprint density at radius 2 is 1.97 bits per heavy atom. The average molecular weight is 425 g/mol. The molecule has 1 aliphatic carbocycles. The lowest BCUT2D eigenvalue weighted by atomic mass is 9.93. The van der Waals surface area contributed by atoms with Gasteiger partial charge in [0.15, 0.2) is 5.82 Å². The summed E-state index contributed by atoms with van der Waals surface area (Å²) in [7, 11) is 0. The van der Waals surface area contributed by atoms with Crippen LogP contribution < -0.4 is 0 Å². The van der Waals surface area contributed by atoms with E-state index < -0.39 is 28.6 Å². The van der Waals surface area contributed by atoms with Crippen molar-refractivity contribution in [3.05, 3.63) is 52.2 Å². The number of carbonyl (C=O) groups is 1. The molecule has 3 heterocycles. The third kappa shape index (κ3) is 3.64. The first kappa shape index (κ1) is 19.6. The van der Waals surface area contributed by atoms with Gasteiger partial charge in [-0.15, -0.1) is 4.80 Å². The van der Waals surface area contributed by atoms with Crippen LogP contribution in [-0.4, -0.2) is 48.5 Å². The van der Waals surface area contributed by atoms with Crippen LogP contribution in [0.1, 0.15) is 23.5 Å². The molecular formula is C18H16ClF3N6O. The van der Waals surface area contributed by atoms with Crippen LogP contribution in [0.2, 0.25) is 0 Å². The van der Waals surface area contributed by atoms with E-state index in [9.17, 15) is 18.0 Å². The molecule has 152 valence electrons. The molecule has 1 unspecified atom stereocenters. The number of rotatable bonds is 2. The van der Waals surface area contributed by atoms with E-state index in [0.717, 1.165) is 11.6 Å². The Morgan fingerprint density at radius 3 is 2.66 bits per heavy atom. The van der Waals surface area contributed by atoms with E-state index in [4.69, 9.17) is 11.6 Å². The van der Waals surface area contributed by atoms with Crippen LogP contribution in [0.3, 0.4) is 0 Å². The fourth-order valence-corrected chi connectivity index (χ4v) is 3.91. The Balaban J connectivity index is 1.62. The molecule has 7 nitrogen and oxygen atoms in total. The molecule has 2 aliphatic rings. The van der Waals surface area contributed by atoms with E-state index >= 15 is 0 Å². The molecule has 0 radical (unpaired) electrons. The summed E-state index contributed by atoms with van der Waals surface area (Å²) >= 11 is 5.98. The summed E-state index contributed by atoms with van der Waals surface area (Å²) in [6.07, 6.45) is 1.30. The fraction of sp³-hybridized carbons (Fsp3) is 0.389. The zero-order valence-electron chi connectivity index (χ0n) is 15.3. The Morgan fingerprint density at radius 1 is 1.24 bits per heavy atom. The summed E-state index contributed by atoms with van der Waals surface area (Å²) in [6, 6.07) is 0. The molecule has 0 aromatic carbocycles. The Bertz CT molecular complexity index is 1020. The van der Waals surface area contributed by atoms with E-state index in [0.29, 0.717) is 30.3 Å². The maximum Gasteiger partial charge on any atom is 0.417 e. The lowest BCUT2D eigenvalue weighted by molar-refractivity contribution is -0.135. The summed E-state index contributed by atoms with van der Waals surface area (Å²) < 4.78 is 39.4. The second-order valence-corrected chi connectivity index (χ2v) is 7.21. The lowest BCUT2D eigenvalue weighted by Crippen LogP contribution is -2.41. The third-order valence-corrected chi connectivity index (χ3v) is 5.36. The molecule has 29 heavy (non-hydrogen) atoms. The van der Waals surface area contributed by atoms with Crippen LogP contribution in [-0.2, 0) is 17.8 Å². The first-order chi connectivity index (χ1) is 13.8. The van der Waals surface area contributed by atoms with Crippen molar-refractivity contribution < 1.29 is 18.0 Å². The third-order valence-electron chi connectivity index (χ3n) is 4.90. The average Bonchev–Trinajstić information content (AvgIpc) is 3.20. The zero-order chi connectivity index (χ0) is 20.8. The topological polar surface area (TPSA) is 76.8 Å². The van der Waals surface area contributed by atoms with E-state index in [1.165, 1.54) is 28.2 Å². The van der Waals surface area contributed by atoms with Gasteiger partial charge in [0.05, 0.1) is 36.1 Å². The lowest BCUT2D eigenvalue weighted by Gasteiger charge is -2.32. The number of alkyl halides is 3. The minimum Gasteiger partial charge on any atom is -0.336 e. The predicted molar refractivity (Wildman–Crippen MR) is 97.0 cm³/mol. The largest absolute Gasteiger partial charge is 0.417 e. The summed E-state index contributed by atoms with van der Waals surface area (Å²) in [6.45, 7) is 2.20. The highest BCUT2D eigenvalue weighted by molar-refractivity contribution is 6.32. The molecule has 0 fully saturated rings.